The van der Waals surface area contributed by atoms with Gasteiger partial charge in [-0.25, -0.2) is 0 Å². The van der Waals surface area contributed by atoms with Crippen molar-refractivity contribution in [1.29, 1.82) is 0 Å². The summed E-state index contributed by atoms with van der Waals surface area (Å²) in [5, 5.41) is 0. The number of alkyl halides is 1. The van der Waals surface area contributed by atoms with Crippen LogP contribution < -0.4 is 0 Å². The van der Waals surface area contributed by atoms with Gasteiger partial charge in [0.15, 0.2) is 0 Å². The summed E-state index contributed by atoms with van der Waals surface area (Å²) in [4.78, 5) is 11.7. The van der Waals surface area contributed by atoms with E-state index in [9.17, 15) is 4.79 Å². The maximum atomic E-state index is 11.7. The Kier molecular flexibility index (Phi) is 4.52. The smallest absolute Gasteiger partial charge is 0.149 e. The molecule has 0 amide bonds. The van der Waals surface area contributed by atoms with Crippen LogP contribution in [0.25, 0.3) is 0 Å². The Bertz CT molecular complexity index is 344. The second kappa shape index (κ2) is 5.45. The average Bonchev–Trinajstić information content (AvgIpc) is 2.20. The molecule has 0 saturated heterocycles. The molecule has 1 nitrogen and oxygen atoms in total. The standard InChI is InChI=1S/C13H17BrO/c1-9(2)13(15)12(14)8-11-7-5-4-6-10(11)3/h4-7,9,12H,8H2,1-3H3. The van der Waals surface area contributed by atoms with Gasteiger partial charge >= 0.3 is 0 Å². The molecule has 1 aromatic carbocycles. The molecule has 0 fully saturated rings. The molecule has 0 aliphatic heterocycles. The molecule has 0 aliphatic carbocycles. The first-order chi connectivity index (χ1) is 7.02. The fraction of sp³-hybridized carbons (Fsp3) is 0.462. The fourth-order valence-corrected chi connectivity index (χ4v) is 2.37. The summed E-state index contributed by atoms with van der Waals surface area (Å²) in [6.07, 6.45) is 0.781. The summed E-state index contributed by atoms with van der Waals surface area (Å²) >= 11 is 3.47. The van der Waals surface area contributed by atoms with Crippen LogP contribution in [0.4, 0.5) is 0 Å². The highest BCUT2D eigenvalue weighted by atomic mass is 79.9. The van der Waals surface area contributed by atoms with Crippen LogP contribution in [0.1, 0.15) is 25.0 Å². The van der Waals surface area contributed by atoms with Gasteiger partial charge in [-0.15, -0.1) is 0 Å². The van der Waals surface area contributed by atoms with Gasteiger partial charge in [0.05, 0.1) is 4.83 Å². The van der Waals surface area contributed by atoms with Gasteiger partial charge in [-0.3, -0.25) is 4.79 Å². The zero-order valence-corrected chi connectivity index (χ0v) is 11.0. The van der Waals surface area contributed by atoms with E-state index in [0.29, 0.717) is 0 Å². The number of halogens is 1. The van der Waals surface area contributed by atoms with Gasteiger partial charge in [-0.2, -0.15) is 0 Å². The van der Waals surface area contributed by atoms with E-state index in [2.05, 4.69) is 35.0 Å². The Morgan fingerprint density at radius 2 is 1.93 bits per heavy atom. The molecule has 0 aliphatic rings. The molecule has 0 aromatic heterocycles. The predicted molar refractivity (Wildman–Crippen MR) is 67.4 cm³/mol. The van der Waals surface area contributed by atoms with Crippen LogP contribution in [0.2, 0.25) is 0 Å². The average molecular weight is 269 g/mol. The van der Waals surface area contributed by atoms with Crippen molar-refractivity contribution in [2.45, 2.75) is 32.0 Å². The monoisotopic (exact) mass is 268 g/mol. The molecule has 82 valence electrons. The van der Waals surface area contributed by atoms with Gasteiger partial charge in [-0.05, 0) is 24.5 Å². The summed E-state index contributed by atoms with van der Waals surface area (Å²) in [7, 11) is 0. The van der Waals surface area contributed by atoms with E-state index >= 15 is 0 Å². The highest BCUT2D eigenvalue weighted by Crippen LogP contribution is 2.17. The minimum Gasteiger partial charge on any atom is -0.298 e. The lowest BCUT2D eigenvalue weighted by molar-refractivity contribution is -0.121. The molecule has 15 heavy (non-hydrogen) atoms. The number of rotatable bonds is 4. The third-order valence-corrected chi connectivity index (χ3v) is 3.31. The third kappa shape index (κ3) is 3.45. The molecule has 0 heterocycles. The van der Waals surface area contributed by atoms with E-state index in [4.69, 9.17) is 0 Å². The number of hydrogen-bond donors (Lipinski definition) is 0. The molecule has 1 atom stereocenters. The molecule has 1 rings (SSSR count). The molecule has 0 saturated carbocycles. The summed E-state index contributed by atoms with van der Waals surface area (Å²) in [6.45, 7) is 5.96. The van der Waals surface area contributed by atoms with E-state index in [-0.39, 0.29) is 16.5 Å². The Balaban J connectivity index is 2.71. The van der Waals surface area contributed by atoms with Crippen molar-refractivity contribution in [2.24, 2.45) is 5.92 Å². The Morgan fingerprint density at radius 1 is 1.33 bits per heavy atom. The predicted octanol–water partition coefficient (Wildman–Crippen LogP) is 3.53. The van der Waals surface area contributed by atoms with Crippen LogP contribution in [0, 0.1) is 12.8 Å². The van der Waals surface area contributed by atoms with Crippen molar-refractivity contribution in [2.75, 3.05) is 0 Å². The van der Waals surface area contributed by atoms with Gasteiger partial charge < -0.3 is 0 Å². The lowest BCUT2D eigenvalue weighted by Crippen LogP contribution is -2.22. The number of benzene rings is 1. The molecule has 0 spiro atoms. The van der Waals surface area contributed by atoms with E-state index in [0.717, 1.165) is 6.42 Å². The second-order valence-corrected chi connectivity index (χ2v) is 5.26. The quantitative estimate of drug-likeness (QED) is 0.764. The zero-order valence-electron chi connectivity index (χ0n) is 9.46. The number of carbonyl (C=O) groups excluding carboxylic acids is 1. The van der Waals surface area contributed by atoms with Gasteiger partial charge in [0.2, 0.25) is 0 Å². The van der Waals surface area contributed by atoms with Crippen LogP contribution in [-0.2, 0) is 11.2 Å². The van der Waals surface area contributed by atoms with E-state index in [1.807, 2.05) is 26.0 Å². The van der Waals surface area contributed by atoms with Crippen LogP contribution in [0.3, 0.4) is 0 Å². The molecule has 0 radical (unpaired) electrons. The fourth-order valence-electron chi connectivity index (χ4n) is 1.49. The highest BCUT2D eigenvalue weighted by Gasteiger charge is 2.18. The third-order valence-electron chi connectivity index (χ3n) is 2.54. The van der Waals surface area contributed by atoms with Gasteiger partial charge in [0.25, 0.3) is 0 Å². The molecule has 0 N–H and O–H groups in total. The van der Waals surface area contributed by atoms with Crippen LogP contribution in [0.5, 0.6) is 0 Å². The molecule has 1 unspecified atom stereocenters. The molecular formula is C13H17BrO. The van der Waals surface area contributed by atoms with E-state index in [1.54, 1.807) is 0 Å². The van der Waals surface area contributed by atoms with Crippen LogP contribution in [0.15, 0.2) is 24.3 Å². The van der Waals surface area contributed by atoms with Crippen molar-refractivity contribution in [3.05, 3.63) is 35.4 Å². The lowest BCUT2D eigenvalue weighted by Gasteiger charge is -2.12. The summed E-state index contributed by atoms with van der Waals surface area (Å²) < 4.78 is 0. The van der Waals surface area contributed by atoms with Gasteiger partial charge in [0, 0.05) is 5.92 Å². The largest absolute Gasteiger partial charge is 0.298 e. The van der Waals surface area contributed by atoms with Crippen molar-refractivity contribution in [1.82, 2.24) is 0 Å². The summed E-state index contributed by atoms with van der Waals surface area (Å²) in [5.74, 6) is 0.372. The van der Waals surface area contributed by atoms with Crippen molar-refractivity contribution in [3.8, 4) is 0 Å². The Morgan fingerprint density at radius 3 is 2.47 bits per heavy atom. The Labute approximate surface area is 100 Å². The van der Waals surface area contributed by atoms with Crippen LogP contribution >= 0.6 is 15.9 Å². The first kappa shape index (κ1) is 12.4. The van der Waals surface area contributed by atoms with Crippen molar-refractivity contribution < 1.29 is 4.79 Å². The summed E-state index contributed by atoms with van der Waals surface area (Å²) in [5.41, 5.74) is 2.49. The molecular weight excluding hydrogens is 252 g/mol. The van der Waals surface area contributed by atoms with Crippen molar-refractivity contribution >= 4 is 21.7 Å². The maximum Gasteiger partial charge on any atom is 0.149 e. The normalized spacial score (nSPS) is 12.9. The van der Waals surface area contributed by atoms with E-state index in [1.165, 1.54) is 11.1 Å². The lowest BCUT2D eigenvalue weighted by atomic mass is 9.98. The topological polar surface area (TPSA) is 17.1 Å². The maximum absolute atomic E-state index is 11.7. The van der Waals surface area contributed by atoms with Crippen LogP contribution in [-0.4, -0.2) is 10.6 Å². The number of ketones is 1. The van der Waals surface area contributed by atoms with E-state index < -0.39 is 0 Å². The number of carbonyl (C=O) groups is 1. The van der Waals surface area contributed by atoms with Crippen molar-refractivity contribution in [3.63, 3.8) is 0 Å². The Hall–Kier alpha value is -0.630. The zero-order chi connectivity index (χ0) is 11.4. The SMILES string of the molecule is Cc1ccccc1CC(Br)C(=O)C(C)C. The minimum atomic E-state index is -0.0569. The second-order valence-electron chi connectivity index (χ2n) is 4.16. The first-order valence-corrected chi connectivity index (χ1v) is 6.16. The first-order valence-electron chi connectivity index (χ1n) is 5.24. The molecule has 0 bridgehead atoms. The molecule has 2 heteroatoms. The number of aryl methyl sites for hydroxylation is 1. The number of hydrogen-bond acceptors (Lipinski definition) is 1. The molecule has 1 aromatic rings. The van der Waals surface area contributed by atoms with Gasteiger partial charge in [-0.1, -0.05) is 54.0 Å². The number of Topliss-reactive ketones (excluding diaryl/α,β-unsaturated/α-hetero) is 1. The minimum absolute atomic E-state index is 0.0569. The summed E-state index contributed by atoms with van der Waals surface area (Å²) in [6, 6.07) is 8.19. The van der Waals surface area contributed by atoms with Gasteiger partial charge in [0.1, 0.15) is 5.78 Å². The highest BCUT2D eigenvalue weighted by molar-refractivity contribution is 9.10.